The summed E-state index contributed by atoms with van der Waals surface area (Å²) in [7, 11) is 1.56. The highest BCUT2D eigenvalue weighted by Gasteiger charge is 2.22. The minimum atomic E-state index is -0.666. The van der Waals surface area contributed by atoms with Crippen molar-refractivity contribution in [2.75, 3.05) is 31.8 Å². The molecule has 0 saturated heterocycles. The Balaban J connectivity index is 2.14. The van der Waals surface area contributed by atoms with E-state index in [0.717, 1.165) is 9.60 Å². The van der Waals surface area contributed by atoms with Gasteiger partial charge in [0.05, 0.1) is 29.1 Å². The molecule has 0 aliphatic heterocycles. The minimum absolute atomic E-state index is 0.0548. The van der Waals surface area contributed by atoms with Crippen LogP contribution in [0, 0.1) is 0 Å². The number of ether oxygens (including phenoxy) is 1. The molecule has 0 aliphatic carbocycles. The number of unbranched alkanes of at least 4 members (excludes halogenated alkanes) is 2. The van der Waals surface area contributed by atoms with E-state index in [-0.39, 0.29) is 24.6 Å². The standard InChI is InChI=1S/C29H40N6O7S2/c1-5-9-20(13-12-19(2)36)30-28(43-4)32-25(38)17-35(27(40)11-8-6-7-10-24(37)34-41)18-26(39)33-29-31-22-15-14-21(42-3)16-23(22)44-29/h9,12-16,19,36,41H,5-8,10-11,17-18H2,1-4H3,(H,34,37)(H,30,32,38)(H,31,33,39)/b13-12-,20-9+. The molecule has 13 nitrogen and oxygen atoms in total. The van der Waals surface area contributed by atoms with Crippen LogP contribution in [0.4, 0.5) is 5.13 Å². The predicted octanol–water partition coefficient (Wildman–Crippen LogP) is 3.59. The van der Waals surface area contributed by atoms with E-state index in [1.54, 1.807) is 56.1 Å². The molecule has 0 spiro atoms. The average Bonchev–Trinajstić information content (AvgIpc) is 3.39. The van der Waals surface area contributed by atoms with Crippen LogP contribution in [-0.4, -0.2) is 81.6 Å². The van der Waals surface area contributed by atoms with Gasteiger partial charge in [-0.05, 0) is 56.7 Å². The van der Waals surface area contributed by atoms with Gasteiger partial charge in [-0.1, -0.05) is 48.6 Å². The van der Waals surface area contributed by atoms with Crippen LogP contribution in [0.5, 0.6) is 5.75 Å². The maximum absolute atomic E-state index is 13.1. The lowest BCUT2D eigenvalue weighted by Crippen LogP contribution is -2.45. The maximum Gasteiger partial charge on any atom is 0.245 e. The van der Waals surface area contributed by atoms with Crippen molar-refractivity contribution in [3.63, 3.8) is 0 Å². The number of thiazole rings is 1. The van der Waals surface area contributed by atoms with Crippen molar-refractivity contribution in [2.24, 2.45) is 4.99 Å². The van der Waals surface area contributed by atoms with Gasteiger partial charge in [0.15, 0.2) is 10.3 Å². The first-order chi connectivity index (χ1) is 21.1. The SMILES string of the molecule is CC/C=C(\C=C/C(C)O)N=C(NC(=O)CN(CC(=O)Nc1nc2ccc(OC)cc2s1)C(=O)CCCCCC(=O)NO)SC. The van der Waals surface area contributed by atoms with E-state index in [2.05, 4.69) is 20.6 Å². The third-order valence-electron chi connectivity index (χ3n) is 5.91. The van der Waals surface area contributed by atoms with E-state index in [1.165, 1.54) is 23.1 Å². The average molecular weight is 649 g/mol. The van der Waals surface area contributed by atoms with E-state index in [0.29, 0.717) is 47.8 Å². The Morgan fingerprint density at radius 3 is 2.52 bits per heavy atom. The number of amides is 4. The summed E-state index contributed by atoms with van der Waals surface area (Å²) in [5.74, 6) is -1.33. The van der Waals surface area contributed by atoms with Gasteiger partial charge >= 0.3 is 0 Å². The lowest BCUT2D eigenvalue weighted by atomic mass is 10.1. The van der Waals surface area contributed by atoms with Crippen LogP contribution in [0.1, 0.15) is 52.4 Å². The number of aliphatic hydroxyl groups excluding tert-OH is 1. The molecular formula is C29H40N6O7S2. The molecule has 0 fully saturated rings. The molecule has 2 aromatic rings. The van der Waals surface area contributed by atoms with Gasteiger partial charge in [-0.2, -0.15) is 0 Å². The highest BCUT2D eigenvalue weighted by molar-refractivity contribution is 8.13. The Morgan fingerprint density at radius 2 is 1.86 bits per heavy atom. The number of thioether (sulfide) groups is 1. The van der Waals surface area contributed by atoms with E-state index < -0.39 is 36.3 Å². The van der Waals surface area contributed by atoms with Crippen LogP contribution >= 0.6 is 23.1 Å². The summed E-state index contributed by atoms with van der Waals surface area (Å²) in [5.41, 5.74) is 2.80. The van der Waals surface area contributed by atoms with Crippen molar-refractivity contribution in [3.8, 4) is 5.75 Å². The molecule has 15 heteroatoms. The van der Waals surface area contributed by atoms with Crippen LogP contribution in [0.3, 0.4) is 0 Å². The fraction of sp³-hybridized carbons (Fsp3) is 0.448. The zero-order valence-electron chi connectivity index (χ0n) is 25.3. The first-order valence-electron chi connectivity index (χ1n) is 14.0. The van der Waals surface area contributed by atoms with Crippen LogP contribution in [0.2, 0.25) is 0 Å². The van der Waals surface area contributed by atoms with Crippen molar-refractivity contribution < 1.29 is 34.2 Å². The number of benzene rings is 1. The number of methoxy groups -OCH3 is 1. The summed E-state index contributed by atoms with van der Waals surface area (Å²) in [6.07, 6.45) is 8.42. The van der Waals surface area contributed by atoms with Gasteiger partial charge in [-0.3, -0.25) is 24.4 Å². The second-order valence-corrected chi connectivity index (χ2v) is 11.4. The molecule has 1 aromatic carbocycles. The van der Waals surface area contributed by atoms with E-state index in [9.17, 15) is 24.3 Å². The van der Waals surface area contributed by atoms with E-state index in [4.69, 9.17) is 9.94 Å². The Hall–Kier alpha value is -3.79. The largest absolute Gasteiger partial charge is 0.497 e. The molecule has 0 saturated carbocycles. The molecule has 44 heavy (non-hydrogen) atoms. The Bertz CT molecular complexity index is 1370. The number of allylic oxidation sites excluding steroid dienone is 2. The number of aromatic nitrogens is 1. The van der Waals surface area contributed by atoms with E-state index >= 15 is 0 Å². The molecule has 1 heterocycles. The molecule has 1 unspecified atom stereocenters. The number of fused-ring (bicyclic) bond motifs is 1. The number of nitrogens with one attached hydrogen (secondary N) is 3. The van der Waals surface area contributed by atoms with Crippen molar-refractivity contribution in [2.45, 2.75) is 58.5 Å². The van der Waals surface area contributed by atoms with Crippen LogP contribution in [-0.2, 0) is 19.2 Å². The summed E-state index contributed by atoms with van der Waals surface area (Å²) in [4.78, 5) is 60.4. The van der Waals surface area contributed by atoms with E-state index in [1.807, 2.05) is 13.0 Å². The fourth-order valence-electron chi connectivity index (χ4n) is 3.77. The number of aliphatic hydroxyl groups is 1. The monoisotopic (exact) mass is 648 g/mol. The lowest BCUT2D eigenvalue weighted by molar-refractivity contribution is -0.138. The summed E-state index contributed by atoms with van der Waals surface area (Å²) in [5, 5.41) is 24.2. The number of carbonyl (C=O) groups excluding carboxylic acids is 4. The molecule has 5 N–H and O–H groups in total. The molecule has 240 valence electrons. The number of aliphatic imine (C=N–C) groups is 1. The maximum atomic E-state index is 13.1. The third-order valence-corrected chi connectivity index (χ3v) is 7.43. The molecule has 0 bridgehead atoms. The van der Waals surface area contributed by atoms with Gasteiger partial charge in [0.25, 0.3) is 0 Å². The first-order valence-corrected chi connectivity index (χ1v) is 16.1. The molecule has 2 rings (SSSR count). The Labute approximate surface area is 264 Å². The molecule has 4 amide bonds. The normalized spacial score (nSPS) is 12.7. The number of amidine groups is 1. The summed E-state index contributed by atoms with van der Waals surface area (Å²) in [6.45, 7) is 2.77. The zero-order chi connectivity index (χ0) is 32.5. The summed E-state index contributed by atoms with van der Waals surface area (Å²) < 4.78 is 6.05. The van der Waals surface area contributed by atoms with Crippen LogP contribution in [0.25, 0.3) is 10.2 Å². The van der Waals surface area contributed by atoms with Gasteiger partial charge in [0, 0.05) is 12.8 Å². The van der Waals surface area contributed by atoms with Gasteiger partial charge < -0.3 is 25.4 Å². The number of nitrogens with zero attached hydrogens (tertiary/aromatic N) is 3. The number of anilines is 1. The van der Waals surface area contributed by atoms with Gasteiger partial charge in [-0.15, -0.1) is 0 Å². The third kappa shape index (κ3) is 13.2. The summed E-state index contributed by atoms with van der Waals surface area (Å²) in [6, 6.07) is 5.34. The molecule has 0 radical (unpaired) electrons. The van der Waals surface area contributed by atoms with Gasteiger partial charge in [0.1, 0.15) is 18.8 Å². The second-order valence-electron chi connectivity index (χ2n) is 9.55. The smallest absolute Gasteiger partial charge is 0.245 e. The Kier molecular flexibility index (Phi) is 16.1. The number of rotatable bonds is 16. The Morgan fingerprint density at radius 1 is 1.14 bits per heavy atom. The fourth-order valence-corrected chi connectivity index (χ4v) is 5.10. The highest BCUT2D eigenvalue weighted by Crippen LogP contribution is 2.29. The number of hydroxylamine groups is 1. The quantitative estimate of drug-likeness (QED) is 0.0454. The van der Waals surface area contributed by atoms with Crippen molar-refractivity contribution in [1.29, 1.82) is 0 Å². The topological polar surface area (TPSA) is 183 Å². The molecule has 0 aliphatic rings. The van der Waals surface area contributed by atoms with Crippen LogP contribution < -0.4 is 20.9 Å². The van der Waals surface area contributed by atoms with Crippen LogP contribution in [0.15, 0.2) is 47.1 Å². The molecule has 1 atom stereocenters. The van der Waals surface area contributed by atoms with Crippen molar-refractivity contribution in [3.05, 3.63) is 42.1 Å². The first kappa shape index (κ1) is 36.4. The minimum Gasteiger partial charge on any atom is -0.497 e. The van der Waals surface area contributed by atoms with Gasteiger partial charge in [0.2, 0.25) is 23.6 Å². The molecular weight excluding hydrogens is 608 g/mol. The second kappa shape index (κ2) is 19.5. The van der Waals surface area contributed by atoms with Gasteiger partial charge in [-0.25, -0.2) is 15.5 Å². The summed E-state index contributed by atoms with van der Waals surface area (Å²) >= 11 is 2.45. The highest BCUT2D eigenvalue weighted by atomic mass is 32.2. The van der Waals surface area contributed by atoms with Crippen molar-refractivity contribution >= 4 is 67.2 Å². The number of hydrogen-bond donors (Lipinski definition) is 5. The van der Waals surface area contributed by atoms with Crippen molar-refractivity contribution in [1.82, 2.24) is 20.7 Å². The number of carbonyl (C=O) groups is 4. The lowest BCUT2D eigenvalue weighted by Gasteiger charge is -2.21. The molecule has 1 aromatic heterocycles. The predicted molar refractivity (Wildman–Crippen MR) is 173 cm³/mol. The number of hydrogen-bond acceptors (Lipinski definition) is 11. The zero-order valence-corrected chi connectivity index (χ0v) is 26.9.